The summed E-state index contributed by atoms with van der Waals surface area (Å²) in [6.07, 6.45) is 1.25. The Balaban J connectivity index is 1.80. The number of hydrogen-bond donors (Lipinski definition) is 2. The molecule has 5 nitrogen and oxygen atoms in total. The van der Waals surface area contributed by atoms with Crippen LogP contribution in [0.1, 0.15) is 0 Å². The van der Waals surface area contributed by atoms with Crippen molar-refractivity contribution in [3.05, 3.63) is 48.7 Å². The lowest BCUT2D eigenvalue weighted by Crippen LogP contribution is -2.13. The summed E-state index contributed by atoms with van der Waals surface area (Å²) in [6, 6.07) is 13.2. The van der Waals surface area contributed by atoms with Crippen molar-refractivity contribution in [3.8, 4) is 0 Å². The number of nitrogens with one attached hydrogen (secondary N) is 1. The lowest BCUT2D eigenvalue weighted by molar-refractivity contribution is 0.597. The van der Waals surface area contributed by atoms with Crippen LogP contribution in [-0.2, 0) is 10.0 Å². The number of aromatic nitrogens is 1. The van der Waals surface area contributed by atoms with Gasteiger partial charge in [-0.2, -0.15) is 0 Å². The molecule has 0 amide bonds. The van der Waals surface area contributed by atoms with Crippen LogP contribution in [0, 0.1) is 0 Å². The summed E-state index contributed by atoms with van der Waals surface area (Å²) in [6.45, 7) is 0.737. The van der Waals surface area contributed by atoms with E-state index in [1.54, 1.807) is 17.8 Å². The first-order valence-corrected chi connectivity index (χ1v) is 8.49. The van der Waals surface area contributed by atoms with Gasteiger partial charge in [-0.1, -0.05) is 18.2 Å². The minimum Gasteiger partial charge on any atom is -0.369 e. The highest BCUT2D eigenvalue weighted by molar-refractivity contribution is 7.99. The number of pyridine rings is 1. The Morgan fingerprint density at radius 3 is 2.50 bits per heavy atom. The van der Waals surface area contributed by atoms with E-state index < -0.39 is 10.0 Å². The predicted molar refractivity (Wildman–Crippen MR) is 81.3 cm³/mol. The molecule has 106 valence electrons. The SMILES string of the molecule is NS(=O)(=O)c1ccc(NCCSc2ccccc2)nc1. The summed E-state index contributed by atoms with van der Waals surface area (Å²) in [5, 5.41) is 8.13. The lowest BCUT2D eigenvalue weighted by atomic mass is 10.4. The van der Waals surface area contributed by atoms with Crippen molar-refractivity contribution < 1.29 is 8.42 Å². The molecule has 20 heavy (non-hydrogen) atoms. The van der Waals surface area contributed by atoms with Gasteiger partial charge in [-0.25, -0.2) is 18.5 Å². The highest BCUT2D eigenvalue weighted by atomic mass is 32.2. The molecule has 0 radical (unpaired) electrons. The molecule has 0 saturated carbocycles. The second kappa shape index (κ2) is 6.74. The highest BCUT2D eigenvalue weighted by Crippen LogP contribution is 2.16. The Hall–Kier alpha value is -1.57. The number of sulfonamides is 1. The van der Waals surface area contributed by atoms with Gasteiger partial charge in [0, 0.05) is 23.4 Å². The van der Waals surface area contributed by atoms with E-state index in [-0.39, 0.29) is 4.90 Å². The lowest BCUT2D eigenvalue weighted by Gasteiger charge is -2.06. The van der Waals surface area contributed by atoms with Crippen LogP contribution in [0.2, 0.25) is 0 Å². The summed E-state index contributed by atoms with van der Waals surface area (Å²) in [5.74, 6) is 1.52. The zero-order chi connectivity index (χ0) is 14.4. The van der Waals surface area contributed by atoms with E-state index in [2.05, 4.69) is 22.4 Å². The van der Waals surface area contributed by atoms with Gasteiger partial charge in [0.15, 0.2) is 0 Å². The number of rotatable bonds is 6. The van der Waals surface area contributed by atoms with Crippen LogP contribution in [0.25, 0.3) is 0 Å². The molecule has 0 spiro atoms. The largest absolute Gasteiger partial charge is 0.369 e. The Bertz CT molecular complexity index is 643. The summed E-state index contributed by atoms with van der Waals surface area (Å²) < 4.78 is 22.2. The van der Waals surface area contributed by atoms with Gasteiger partial charge in [0.05, 0.1) is 0 Å². The predicted octanol–water partition coefficient (Wildman–Crippen LogP) is 1.93. The molecule has 0 aliphatic heterocycles. The maximum Gasteiger partial charge on any atom is 0.239 e. The average Bonchev–Trinajstić information content (AvgIpc) is 2.44. The molecule has 2 rings (SSSR count). The normalized spacial score (nSPS) is 11.2. The van der Waals surface area contributed by atoms with Gasteiger partial charge in [0.25, 0.3) is 0 Å². The standard InChI is InChI=1S/C13H15N3O2S2/c14-20(17,18)12-6-7-13(16-10-12)15-8-9-19-11-4-2-1-3-5-11/h1-7,10H,8-9H2,(H,15,16)(H2,14,17,18). The number of nitrogens with zero attached hydrogens (tertiary/aromatic N) is 1. The van der Waals surface area contributed by atoms with Gasteiger partial charge in [-0.05, 0) is 24.3 Å². The van der Waals surface area contributed by atoms with Crippen molar-refractivity contribution >= 4 is 27.6 Å². The van der Waals surface area contributed by atoms with Crippen molar-refractivity contribution in [3.63, 3.8) is 0 Å². The molecule has 0 saturated heterocycles. The topological polar surface area (TPSA) is 85.1 Å². The fourth-order valence-corrected chi connectivity index (χ4v) is 2.76. The number of hydrogen-bond acceptors (Lipinski definition) is 5. The maximum atomic E-state index is 11.1. The minimum atomic E-state index is -3.68. The van der Waals surface area contributed by atoms with Crippen LogP contribution in [0.4, 0.5) is 5.82 Å². The molecule has 0 atom stereocenters. The Morgan fingerprint density at radius 1 is 1.15 bits per heavy atom. The van der Waals surface area contributed by atoms with Crippen LogP contribution in [-0.4, -0.2) is 25.7 Å². The fraction of sp³-hybridized carbons (Fsp3) is 0.154. The quantitative estimate of drug-likeness (QED) is 0.629. The molecule has 2 aromatic rings. The van der Waals surface area contributed by atoms with Crippen LogP contribution >= 0.6 is 11.8 Å². The molecular weight excluding hydrogens is 294 g/mol. The number of primary sulfonamides is 1. The molecule has 0 aliphatic carbocycles. The third-order valence-corrected chi connectivity index (χ3v) is 4.40. The smallest absolute Gasteiger partial charge is 0.239 e. The second-order valence-corrected chi connectivity index (χ2v) is 6.74. The molecule has 1 aromatic heterocycles. The molecule has 0 unspecified atom stereocenters. The first-order chi connectivity index (χ1) is 9.55. The molecule has 7 heteroatoms. The Labute approximate surface area is 122 Å². The summed E-state index contributed by atoms with van der Waals surface area (Å²) in [7, 11) is -3.68. The molecule has 0 bridgehead atoms. The van der Waals surface area contributed by atoms with E-state index >= 15 is 0 Å². The Morgan fingerprint density at radius 2 is 1.90 bits per heavy atom. The van der Waals surface area contributed by atoms with Crippen molar-refractivity contribution in [2.75, 3.05) is 17.6 Å². The van der Waals surface area contributed by atoms with E-state index in [0.29, 0.717) is 5.82 Å². The summed E-state index contributed by atoms with van der Waals surface area (Å²) in [5.41, 5.74) is 0. The molecule has 3 N–H and O–H groups in total. The van der Waals surface area contributed by atoms with Gasteiger partial charge in [-0.15, -0.1) is 11.8 Å². The van der Waals surface area contributed by atoms with E-state index in [9.17, 15) is 8.42 Å². The number of benzene rings is 1. The van der Waals surface area contributed by atoms with Crippen molar-refractivity contribution in [2.45, 2.75) is 9.79 Å². The maximum absolute atomic E-state index is 11.1. The van der Waals surface area contributed by atoms with E-state index in [1.807, 2.05) is 18.2 Å². The zero-order valence-electron chi connectivity index (χ0n) is 10.7. The number of thioether (sulfide) groups is 1. The minimum absolute atomic E-state index is 0.0155. The van der Waals surface area contributed by atoms with E-state index in [1.165, 1.54) is 17.2 Å². The second-order valence-electron chi connectivity index (χ2n) is 4.01. The molecule has 0 fully saturated rings. The van der Waals surface area contributed by atoms with Gasteiger partial charge in [-0.3, -0.25) is 0 Å². The summed E-state index contributed by atoms with van der Waals surface area (Å²) in [4.78, 5) is 5.24. The highest BCUT2D eigenvalue weighted by Gasteiger charge is 2.07. The van der Waals surface area contributed by atoms with Crippen LogP contribution in [0.15, 0.2) is 58.5 Å². The van der Waals surface area contributed by atoms with Crippen molar-refractivity contribution in [1.29, 1.82) is 0 Å². The first-order valence-electron chi connectivity index (χ1n) is 5.96. The molecule has 0 aliphatic rings. The fourth-order valence-electron chi connectivity index (χ4n) is 1.52. The van der Waals surface area contributed by atoms with Crippen molar-refractivity contribution in [2.24, 2.45) is 5.14 Å². The zero-order valence-corrected chi connectivity index (χ0v) is 12.3. The van der Waals surface area contributed by atoms with Gasteiger partial charge in [0.1, 0.15) is 10.7 Å². The van der Waals surface area contributed by atoms with E-state index in [0.717, 1.165) is 12.3 Å². The van der Waals surface area contributed by atoms with Crippen molar-refractivity contribution in [1.82, 2.24) is 4.98 Å². The van der Waals surface area contributed by atoms with Crippen LogP contribution in [0.5, 0.6) is 0 Å². The van der Waals surface area contributed by atoms with Crippen LogP contribution in [0.3, 0.4) is 0 Å². The third-order valence-electron chi connectivity index (χ3n) is 2.48. The van der Waals surface area contributed by atoms with Gasteiger partial charge >= 0.3 is 0 Å². The first kappa shape index (κ1) is 14.8. The van der Waals surface area contributed by atoms with Gasteiger partial charge in [0.2, 0.25) is 10.0 Å². The molecule has 1 heterocycles. The Kier molecular flexibility index (Phi) is 4.99. The monoisotopic (exact) mass is 309 g/mol. The van der Waals surface area contributed by atoms with E-state index in [4.69, 9.17) is 5.14 Å². The summed E-state index contributed by atoms with van der Waals surface area (Å²) >= 11 is 1.74. The number of nitrogens with two attached hydrogens (primary N) is 1. The third kappa shape index (κ3) is 4.52. The molecular formula is C13H15N3O2S2. The number of anilines is 1. The molecule has 1 aromatic carbocycles. The van der Waals surface area contributed by atoms with Crippen LogP contribution < -0.4 is 10.5 Å². The average molecular weight is 309 g/mol. The van der Waals surface area contributed by atoms with Gasteiger partial charge < -0.3 is 5.32 Å².